The Labute approximate surface area is 151 Å². The molecule has 1 amide bonds. The van der Waals surface area contributed by atoms with Crippen molar-refractivity contribution >= 4 is 28.9 Å². The molecule has 0 aromatic heterocycles. The van der Waals surface area contributed by atoms with Crippen LogP contribution in [-0.2, 0) is 11.2 Å². The monoisotopic (exact) mass is 347 g/mol. The van der Waals surface area contributed by atoms with Gasteiger partial charge in [-0.15, -0.1) is 0 Å². The maximum absolute atomic E-state index is 12.8. The number of thiocarbonyl (C=S) groups is 1. The SMILES string of the molecule is CCc1ccc(N(CC)C(=O)CN2C(=S)NC(C)(C)C[C@H]2C)cc1. The van der Waals surface area contributed by atoms with Gasteiger partial charge in [0.15, 0.2) is 5.11 Å². The molecule has 1 aliphatic rings. The Balaban J connectivity index is 2.10. The quantitative estimate of drug-likeness (QED) is 0.829. The summed E-state index contributed by atoms with van der Waals surface area (Å²) in [4.78, 5) is 16.7. The summed E-state index contributed by atoms with van der Waals surface area (Å²) in [6, 6.07) is 8.48. The van der Waals surface area contributed by atoms with Gasteiger partial charge in [-0.25, -0.2) is 0 Å². The molecule has 5 heteroatoms. The van der Waals surface area contributed by atoms with Crippen LogP contribution in [0.3, 0.4) is 0 Å². The molecule has 1 atom stereocenters. The van der Waals surface area contributed by atoms with Crippen LogP contribution < -0.4 is 10.2 Å². The second-order valence-corrected chi connectivity index (χ2v) is 7.54. The van der Waals surface area contributed by atoms with E-state index in [-0.39, 0.29) is 17.5 Å². The van der Waals surface area contributed by atoms with Crippen LogP contribution in [0.2, 0.25) is 0 Å². The molecule has 0 bridgehead atoms. The summed E-state index contributed by atoms with van der Waals surface area (Å²) in [5.41, 5.74) is 2.21. The van der Waals surface area contributed by atoms with Gasteiger partial charge in [-0.1, -0.05) is 19.1 Å². The van der Waals surface area contributed by atoms with Gasteiger partial charge in [-0.2, -0.15) is 0 Å². The topological polar surface area (TPSA) is 35.6 Å². The number of amides is 1. The van der Waals surface area contributed by atoms with Crippen LogP contribution in [0.5, 0.6) is 0 Å². The number of carbonyl (C=O) groups excluding carboxylic acids is 1. The number of carbonyl (C=O) groups is 1. The molecule has 0 unspecified atom stereocenters. The Morgan fingerprint density at radius 2 is 1.96 bits per heavy atom. The van der Waals surface area contributed by atoms with E-state index in [4.69, 9.17) is 12.2 Å². The fraction of sp³-hybridized carbons (Fsp3) is 0.579. The Kier molecular flexibility index (Phi) is 5.86. The van der Waals surface area contributed by atoms with E-state index in [9.17, 15) is 4.79 Å². The predicted molar refractivity (Wildman–Crippen MR) is 104 cm³/mol. The molecule has 1 saturated heterocycles. The molecule has 1 heterocycles. The highest BCUT2D eigenvalue weighted by Gasteiger charge is 2.34. The van der Waals surface area contributed by atoms with Crippen LogP contribution in [-0.4, -0.2) is 40.6 Å². The number of aryl methyl sites for hydroxylation is 1. The summed E-state index contributed by atoms with van der Waals surface area (Å²) in [5, 5.41) is 4.01. The smallest absolute Gasteiger partial charge is 0.246 e. The lowest BCUT2D eigenvalue weighted by molar-refractivity contribution is -0.119. The molecule has 1 fully saturated rings. The van der Waals surface area contributed by atoms with E-state index in [0.717, 1.165) is 18.5 Å². The van der Waals surface area contributed by atoms with Gasteiger partial charge in [0.25, 0.3) is 0 Å². The fourth-order valence-corrected chi connectivity index (χ4v) is 3.86. The molecule has 0 aliphatic carbocycles. The highest BCUT2D eigenvalue weighted by Crippen LogP contribution is 2.23. The van der Waals surface area contributed by atoms with Crippen LogP contribution in [0.15, 0.2) is 24.3 Å². The normalized spacial score (nSPS) is 19.8. The minimum absolute atomic E-state index is 0.0174. The lowest BCUT2D eigenvalue weighted by atomic mass is 9.93. The number of hydrogen-bond acceptors (Lipinski definition) is 2. The number of anilines is 1. The fourth-order valence-electron chi connectivity index (χ4n) is 3.33. The van der Waals surface area contributed by atoms with Crippen molar-refractivity contribution in [2.75, 3.05) is 18.0 Å². The zero-order valence-corrected chi connectivity index (χ0v) is 16.2. The summed E-state index contributed by atoms with van der Waals surface area (Å²) in [6.07, 6.45) is 1.96. The van der Waals surface area contributed by atoms with E-state index < -0.39 is 0 Å². The van der Waals surface area contributed by atoms with Crippen molar-refractivity contribution in [1.29, 1.82) is 0 Å². The van der Waals surface area contributed by atoms with Crippen LogP contribution in [0.1, 0.15) is 46.6 Å². The molecule has 2 rings (SSSR count). The summed E-state index contributed by atoms with van der Waals surface area (Å²) in [7, 11) is 0. The first-order valence-corrected chi connectivity index (χ1v) is 9.16. The van der Waals surface area contributed by atoms with Gasteiger partial charge in [0, 0.05) is 23.8 Å². The minimum Gasteiger partial charge on any atom is -0.358 e. The van der Waals surface area contributed by atoms with Crippen molar-refractivity contribution in [2.45, 2.75) is 59.0 Å². The summed E-state index contributed by atoms with van der Waals surface area (Å²) in [6.45, 7) is 11.5. The second-order valence-electron chi connectivity index (χ2n) is 7.15. The first-order valence-electron chi connectivity index (χ1n) is 8.75. The van der Waals surface area contributed by atoms with Gasteiger partial charge < -0.3 is 15.1 Å². The Morgan fingerprint density at radius 3 is 2.46 bits per heavy atom. The first kappa shape index (κ1) is 18.7. The van der Waals surface area contributed by atoms with Gasteiger partial charge in [0.05, 0.1) is 6.54 Å². The average Bonchev–Trinajstić information content (AvgIpc) is 2.51. The van der Waals surface area contributed by atoms with E-state index in [2.05, 4.69) is 45.1 Å². The second kappa shape index (κ2) is 7.51. The highest BCUT2D eigenvalue weighted by molar-refractivity contribution is 7.80. The molecule has 1 aliphatic heterocycles. The lowest BCUT2D eigenvalue weighted by Gasteiger charge is -2.44. The number of hydrogen-bond donors (Lipinski definition) is 1. The summed E-state index contributed by atoms with van der Waals surface area (Å²) < 4.78 is 0. The van der Waals surface area contributed by atoms with Gasteiger partial charge in [0.2, 0.25) is 5.91 Å². The number of likely N-dealkylation sites (N-methyl/N-ethyl adjacent to an activating group) is 1. The van der Waals surface area contributed by atoms with Crippen molar-refractivity contribution < 1.29 is 4.79 Å². The standard InChI is InChI=1S/C19H29N3OS/c1-6-15-8-10-16(11-9-15)21(7-2)17(23)13-22-14(3)12-19(4,5)20-18(22)24/h8-11,14H,6-7,12-13H2,1-5H3,(H,20,24)/t14-/m1/s1. The van der Waals surface area contributed by atoms with Crippen LogP contribution >= 0.6 is 12.2 Å². The van der Waals surface area contributed by atoms with E-state index in [1.807, 2.05) is 28.9 Å². The van der Waals surface area contributed by atoms with E-state index in [1.165, 1.54) is 5.56 Å². The Morgan fingerprint density at radius 1 is 1.33 bits per heavy atom. The number of rotatable bonds is 5. The average molecular weight is 348 g/mol. The number of benzene rings is 1. The largest absolute Gasteiger partial charge is 0.358 e. The number of nitrogens with zero attached hydrogens (tertiary/aromatic N) is 2. The Hall–Kier alpha value is -1.62. The van der Waals surface area contributed by atoms with Gasteiger partial charge in [0.1, 0.15) is 0 Å². The third-order valence-electron chi connectivity index (χ3n) is 4.62. The van der Waals surface area contributed by atoms with Crippen molar-refractivity contribution in [2.24, 2.45) is 0 Å². The molecular formula is C19H29N3OS. The lowest BCUT2D eigenvalue weighted by Crippen LogP contribution is -2.61. The molecule has 1 N–H and O–H groups in total. The van der Waals surface area contributed by atoms with Crippen molar-refractivity contribution in [3.63, 3.8) is 0 Å². The number of nitrogens with one attached hydrogen (secondary N) is 1. The van der Waals surface area contributed by atoms with E-state index in [1.54, 1.807) is 0 Å². The van der Waals surface area contributed by atoms with Crippen molar-refractivity contribution in [3.8, 4) is 0 Å². The third kappa shape index (κ3) is 4.26. The summed E-state index contributed by atoms with van der Waals surface area (Å²) in [5.74, 6) is 0.0810. The molecule has 24 heavy (non-hydrogen) atoms. The minimum atomic E-state index is -0.0174. The van der Waals surface area contributed by atoms with E-state index >= 15 is 0 Å². The van der Waals surface area contributed by atoms with E-state index in [0.29, 0.717) is 18.2 Å². The zero-order chi connectivity index (χ0) is 17.9. The van der Waals surface area contributed by atoms with Crippen LogP contribution in [0, 0.1) is 0 Å². The van der Waals surface area contributed by atoms with Crippen LogP contribution in [0.4, 0.5) is 5.69 Å². The molecular weight excluding hydrogens is 318 g/mol. The molecule has 0 radical (unpaired) electrons. The summed E-state index contributed by atoms with van der Waals surface area (Å²) >= 11 is 5.49. The van der Waals surface area contributed by atoms with Crippen LogP contribution in [0.25, 0.3) is 0 Å². The third-order valence-corrected chi connectivity index (χ3v) is 4.96. The van der Waals surface area contributed by atoms with Gasteiger partial charge >= 0.3 is 0 Å². The molecule has 132 valence electrons. The van der Waals surface area contributed by atoms with Gasteiger partial charge in [-0.3, -0.25) is 4.79 Å². The maximum atomic E-state index is 12.8. The molecule has 0 spiro atoms. The predicted octanol–water partition coefficient (Wildman–Crippen LogP) is 3.35. The van der Waals surface area contributed by atoms with Crippen molar-refractivity contribution in [3.05, 3.63) is 29.8 Å². The van der Waals surface area contributed by atoms with Gasteiger partial charge in [-0.05, 0) is 70.5 Å². The molecule has 4 nitrogen and oxygen atoms in total. The maximum Gasteiger partial charge on any atom is 0.246 e. The highest BCUT2D eigenvalue weighted by atomic mass is 32.1. The molecule has 1 aromatic carbocycles. The molecule has 0 saturated carbocycles. The molecule has 1 aromatic rings. The first-order chi connectivity index (χ1) is 11.3. The van der Waals surface area contributed by atoms with Crippen molar-refractivity contribution in [1.82, 2.24) is 10.2 Å². The zero-order valence-electron chi connectivity index (χ0n) is 15.4. The Bertz CT molecular complexity index is 597.